The van der Waals surface area contributed by atoms with Crippen LogP contribution in [0.15, 0.2) is 20.9 Å². The first-order valence-electron chi connectivity index (χ1n) is 4.96. The van der Waals surface area contributed by atoms with Gasteiger partial charge < -0.3 is 5.32 Å². The van der Waals surface area contributed by atoms with Crippen LogP contribution in [0.5, 0.6) is 0 Å². The Kier molecular flexibility index (Phi) is 4.11. The number of amidine groups is 1. The molecule has 0 fully saturated rings. The van der Waals surface area contributed by atoms with Gasteiger partial charge in [0.25, 0.3) is 0 Å². The van der Waals surface area contributed by atoms with E-state index in [4.69, 9.17) is 0 Å². The lowest BCUT2D eigenvalue weighted by Gasteiger charge is -2.06. The molecular formula is C10H13BrN2S2. The van der Waals surface area contributed by atoms with Crippen molar-refractivity contribution in [2.24, 2.45) is 4.99 Å². The SMILES string of the molecule is CCC1CN=C(NCc2sccc2Br)S1. The van der Waals surface area contributed by atoms with Crippen LogP contribution >= 0.6 is 39.0 Å². The molecule has 1 aromatic rings. The van der Waals surface area contributed by atoms with Crippen molar-refractivity contribution in [2.45, 2.75) is 25.1 Å². The molecule has 0 aromatic carbocycles. The average molecular weight is 305 g/mol. The van der Waals surface area contributed by atoms with Gasteiger partial charge in [-0.2, -0.15) is 0 Å². The summed E-state index contributed by atoms with van der Waals surface area (Å²) in [6, 6.07) is 2.08. The summed E-state index contributed by atoms with van der Waals surface area (Å²) in [5, 5.41) is 7.26. The van der Waals surface area contributed by atoms with Gasteiger partial charge in [-0.3, -0.25) is 4.99 Å². The molecular weight excluding hydrogens is 292 g/mol. The molecule has 1 unspecified atom stereocenters. The van der Waals surface area contributed by atoms with Gasteiger partial charge in [0.2, 0.25) is 0 Å². The Labute approximate surface area is 107 Å². The summed E-state index contributed by atoms with van der Waals surface area (Å²) in [5.74, 6) is 0. The van der Waals surface area contributed by atoms with Crippen LogP contribution in [-0.2, 0) is 6.54 Å². The van der Waals surface area contributed by atoms with E-state index in [1.165, 1.54) is 15.8 Å². The Morgan fingerprint density at radius 1 is 1.67 bits per heavy atom. The van der Waals surface area contributed by atoms with Crippen molar-refractivity contribution in [3.63, 3.8) is 0 Å². The smallest absolute Gasteiger partial charge is 0.157 e. The van der Waals surface area contributed by atoms with Gasteiger partial charge in [-0.1, -0.05) is 18.7 Å². The van der Waals surface area contributed by atoms with Crippen molar-refractivity contribution in [1.29, 1.82) is 0 Å². The topological polar surface area (TPSA) is 24.4 Å². The molecule has 0 spiro atoms. The van der Waals surface area contributed by atoms with Gasteiger partial charge in [-0.15, -0.1) is 11.3 Å². The molecule has 2 rings (SSSR count). The molecule has 1 aromatic heterocycles. The molecule has 1 aliphatic rings. The predicted octanol–water partition coefficient (Wildman–Crippen LogP) is 3.48. The molecule has 1 atom stereocenters. The van der Waals surface area contributed by atoms with Crippen LogP contribution in [0.2, 0.25) is 0 Å². The van der Waals surface area contributed by atoms with Crippen LogP contribution in [0.3, 0.4) is 0 Å². The third-order valence-electron chi connectivity index (χ3n) is 2.26. The fourth-order valence-electron chi connectivity index (χ4n) is 1.33. The van der Waals surface area contributed by atoms with Crippen molar-refractivity contribution >= 4 is 44.2 Å². The van der Waals surface area contributed by atoms with E-state index in [0.717, 1.165) is 18.3 Å². The molecule has 0 saturated carbocycles. The van der Waals surface area contributed by atoms with Gasteiger partial charge >= 0.3 is 0 Å². The van der Waals surface area contributed by atoms with Gasteiger partial charge in [0.15, 0.2) is 5.17 Å². The Morgan fingerprint density at radius 3 is 3.13 bits per heavy atom. The zero-order valence-electron chi connectivity index (χ0n) is 8.50. The lowest BCUT2D eigenvalue weighted by Crippen LogP contribution is -2.18. The van der Waals surface area contributed by atoms with Crippen LogP contribution in [0.4, 0.5) is 0 Å². The van der Waals surface area contributed by atoms with Gasteiger partial charge in [0, 0.05) is 14.6 Å². The maximum absolute atomic E-state index is 4.47. The van der Waals surface area contributed by atoms with Crippen LogP contribution in [-0.4, -0.2) is 17.0 Å². The number of halogens is 1. The van der Waals surface area contributed by atoms with Crippen LogP contribution in [0, 0.1) is 0 Å². The monoisotopic (exact) mass is 304 g/mol. The number of hydrogen-bond donors (Lipinski definition) is 1. The maximum Gasteiger partial charge on any atom is 0.157 e. The van der Waals surface area contributed by atoms with E-state index in [0.29, 0.717) is 5.25 Å². The number of nitrogens with one attached hydrogen (secondary N) is 1. The summed E-state index contributed by atoms with van der Waals surface area (Å²) in [5.41, 5.74) is 0. The Balaban J connectivity index is 1.82. The first kappa shape index (κ1) is 11.5. The van der Waals surface area contributed by atoms with Gasteiger partial charge in [-0.05, 0) is 33.8 Å². The van der Waals surface area contributed by atoms with Gasteiger partial charge in [0.05, 0.1) is 13.1 Å². The number of nitrogens with zero attached hydrogens (tertiary/aromatic N) is 1. The zero-order valence-corrected chi connectivity index (χ0v) is 11.7. The zero-order chi connectivity index (χ0) is 10.7. The normalized spacial score (nSPS) is 20.4. The van der Waals surface area contributed by atoms with Crippen LogP contribution in [0.1, 0.15) is 18.2 Å². The molecule has 82 valence electrons. The average Bonchev–Trinajstić information content (AvgIpc) is 2.84. The van der Waals surface area contributed by atoms with E-state index in [1.807, 2.05) is 11.8 Å². The van der Waals surface area contributed by atoms with Crippen molar-refractivity contribution in [2.75, 3.05) is 6.54 Å². The number of thiophene rings is 1. The molecule has 0 radical (unpaired) electrons. The second kappa shape index (κ2) is 5.37. The van der Waals surface area contributed by atoms with E-state index in [-0.39, 0.29) is 0 Å². The summed E-state index contributed by atoms with van der Waals surface area (Å²) < 4.78 is 1.19. The fraction of sp³-hybridized carbons (Fsp3) is 0.500. The lowest BCUT2D eigenvalue weighted by molar-refractivity contribution is 0.840. The minimum absolute atomic E-state index is 0.680. The van der Waals surface area contributed by atoms with Crippen molar-refractivity contribution in [3.8, 4) is 0 Å². The second-order valence-electron chi connectivity index (χ2n) is 3.34. The third kappa shape index (κ3) is 2.98. The number of rotatable bonds is 3. The van der Waals surface area contributed by atoms with Crippen molar-refractivity contribution in [1.82, 2.24) is 5.32 Å². The van der Waals surface area contributed by atoms with Crippen LogP contribution < -0.4 is 5.32 Å². The Bertz CT molecular complexity index is 362. The van der Waals surface area contributed by atoms with Crippen LogP contribution in [0.25, 0.3) is 0 Å². The standard InChI is InChI=1S/C10H13BrN2S2/c1-2-7-5-12-10(15-7)13-6-9-8(11)3-4-14-9/h3-4,7H,2,5-6H2,1H3,(H,12,13). The Hall–Kier alpha value is -0.000000000000000111. The number of thioether (sulfide) groups is 1. The lowest BCUT2D eigenvalue weighted by atomic mass is 10.3. The summed E-state index contributed by atoms with van der Waals surface area (Å²) in [7, 11) is 0. The van der Waals surface area contributed by atoms with E-state index >= 15 is 0 Å². The molecule has 15 heavy (non-hydrogen) atoms. The molecule has 1 N–H and O–H groups in total. The highest BCUT2D eigenvalue weighted by Crippen LogP contribution is 2.25. The van der Waals surface area contributed by atoms with Crippen molar-refractivity contribution < 1.29 is 0 Å². The van der Waals surface area contributed by atoms with E-state index in [9.17, 15) is 0 Å². The molecule has 0 aliphatic carbocycles. The predicted molar refractivity (Wildman–Crippen MR) is 72.8 cm³/mol. The molecule has 1 aliphatic heterocycles. The molecule has 0 bridgehead atoms. The first-order chi connectivity index (χ1) is 7.29. The van der Waals surface area contributed by atoms with E-state index in [1.54, 1.807) is 11.3 Å². The summed E-state index contributed by atoms with van der Waals surface area (Å²) in [6.45, 7) is 4.06. The summed E-state index contributed by atoms with van der Waals surface area (Å²) >= 11 is 7.16. The number of aliphatic imine (C=N–C) groups is 1. The molecule has 0 saturated heterocycles. The first-order valence-corrected chi connectivity index (χ1v) is 7.51. The fourth-order valence-corrected chi connectivity index (χ4v) is 3.70. The van der Waals surface area contributed by atoms with Gasteiger partial charge in [0.1, 0.15) is 0 Å². The third-order valence-corrected chi connectivity index (χ3v) is 5.50. The van der Waals surface area contributed by atoms with E-state index < -0.39 is 0 Å². The summed E-state index contributed by atoms with van der Waals surface area (Å²) in [6.07, 6.45) is 1.20. The molecule has 2 nitrogen and oxygen atoms in total. The highest BCUT2D eigenvalue weighted by atomic mass is 79.9. The minimum Gasteiger partial charge on any atom is -0.360 e. The highest BCUT2D eigenvalue weighted by Gasteiger charge is 2.17. The van der Waals surface area contributed by atoms with Gasteiger partial charge in [-0.25, -0.2) is 0 Å². The minimum atomic E-state index is 0.680. The Morgan fingerprint density at radius 2 is 2.53 bits per heavy atom. The maximum atomic E-state index is 4.47. The molecule has 5 heteroatoms. The quantitative estimate of drug-likeness (QED) is 0.924. The molecule has 0 amide bonds. The van der Waals surface area contributed by atoms with Crippen molar-refractivity contribution in [3.05, 3.63) is 20.8 Å². The molecule has 2 heterocycles. The summed E-state index contributed by atoms with van der Waals surface area (Å²) in [4.78, 5) is 5.81. The number of hydrogen-bond acceptors (Lipinski definition) is 4. The highest BCUT2D eigenvalue weighted by molar-refractivity contribution is 9.10. The second-order valence-corrected chi connectivity index (χ2v) is 6.48. The van der Waals surface area contributed by atoms with E-state index in [2.05, 4.69) is 44.6 Å². The largest absolute Gasteiger partial charge is 0.360 e.